The number of esters is 1. The minimum atomic E-state index is -0.543. The smallest absolute Gasteiger partial charge is 0.346 e. The zero-order chi connectivity index (χ0) is 17.1. The molecule has 0 fully saturated rings. The Morgan fingerprint density at radius 2 is 2.29 bits per heavy atom. The highest BCUT2D eigenvalue weighted by Gasteiger charge is 2.19. The molecule has 0 spiro atoms. The van der Waals surface area contributed by atoms with Crippen molar-refractivity contribution in [3.05, 3.63) is 51.2 Å². The summed E-state index contributed by atoms with van der Waals surface area (Å²) < 4.78 is 10.2. The van der Waals surface area contributed by atoms with Gasteiger partial charge in [0.05, 0.1) is 17.7 Å². The predicted octanol–water partition coefficient (Wildman–Crippen LogP) is 2.87. The van der Waals surface area contributed by atoms with Crippen molar-refractivity contribution in [2.75, 3.05) is 7.11 Å². The Morgan fingerprint density at radius 3 is 3.00 bits per heavy atom. The third kappa shape index (κ3) is 3.41. The largest absolute Gasteiger partial charge is 0.465 e. The summed E-state index contributed by atoms with van der Waals surface area (Å²) in [5.74, 6) is 0.413. The first-order valence-electron chi connectivity index (χ1n) is 6.89. The number of ether oxygens (including phenoxy) is 1. The summed E-state index contributed by atoms with van der Waals surface area (Å²) in [6, 6.07) is 3.84. The maximum atomic E-state index is 11.9. The molecule has 0 aromatic carbocycles. The van der Waals surface area contributed by atoms with Gasteiger partial charge in [-0.15, -0.1) is 11.3 Å². The number of nitrogens with zero attached hydrogens (tertiary/aromatic N) is 2. The number of rotatable bonds is 5. The van der Waals surface area contributed by atoms with Crippen molar-refractivity contribution >= 4 is 29.1 Å². The summed E-state index contributed by atoms with van der Waals surface area (Å²) in [6.07, 6.45) is 1.56. The van der Waals surface area contributed by atoms with E-state index in [1.54, 1.807) is 13.2 Å². The first-order valence-corrected chi connectivity index (χ1v) is 8.75. The van der Waals surface area contributed by atoms with Gasteiger partial charge >= 0.3 is 11.7 Å². The van der Waals surface area contributed by atoms with E-state index >= 15 is 0 Å². The van der Waals surface area contributed by atoms with Crippen molar-refractivity contribution in [3.8, 4) is 10.8 Å². The highest BCUT2D eigenvalue weighted by Crippen LogP contribution is 2.28. The van der Waals surface area contributed by atoms with Crippen LogP contribution in [0, 0.1) is 6.92 Å². The van der Waals surface area contributed by atoms with Crippen molar-refractivity contribution in [2.45, 2.75) is 17.7 Å². The van der Waals surface area contributed by atoms with Gasteiger partial charge in [-0.1, -0.05) is 17.8 Å². The van der Waals surface area contributed by atoms with Crippen LogP contribution in [0.25, 0.3) is 10.8 Å². The second-order valence-electron chi connectivity index (χ2n) is 4.75. The molecule has 0 atom stereocenters. The molecule has 3 aromatic rings. The predicted molar refractivity (Wildman–Crippen MR) is 90.3 cm³/mol. The molecule has 0 saturated heterocycles. The molecule has 0 unspecified atom stereocenters. The van der Waals surface area contributed by atoms with Gasteiger partial charge in [0.1, 0.15) is 16.9 Å². The molecule has 0 aliphatic rings. The molecule has 0 amide bonds. The molecule has 3 aromatic heterocycles. The van der Waals surface area contributed by atoms with Crippen molar-refractivity contribution in [1.82, 2.24) is 15.0 Å². The van der Waals surface area contributed by atoms with Crippen molar-refractivity contribution in [3.63, 3.8) is 0 Å². The third-order valence-electron chi connectivity index (χ3n) is 3.12. The molecule has 0 bridgehead atoms. The Balaban J connectivity index is 1.82. The van der Waals surface area contributed by atoms with E-state index in [-0.39, 0.29) is 5.56 Å². The number of hydrogen-bond donors (Lipinski definition) is 1. The van der Waals surface area contributed by atoms with E-state index in [1.807, 2.05) is 17.5 Å². The minimum Gasteiger partial charge on any atom is -0.465 e. The number of thiophene rings is 1. The normalized spacial score (nSPS) is 10.8. The summed E-state index contributed by atoms with van der Waals surface area (Å²) in [5.41, 5.74) is 0.855. The zero-order valence-corrected chi connectivity index (χ0v) is 14.5. The summed E-state index contributed by atoms with van der Waals surface area (Å²) in [7, 11) is 1.28. The van der Waals surface area contributed by atoms with Crippen LogP contribution in [-0.4, -0.2) is 28.0 Å². The van der Waals surface area contributed by atoms with Gasteiger partial charge in [-0.05, 0) is 18.4 Å². The summed E-state index contributed by atoms with van der Waals surface area (Å²) in [6.45, 7) is 1.63. The topological polar surface area (TPSA) is 98.1 Å². The standard InChI is InChI=1S/C15H13N3O4S2/c1-8-11(14(19)21-2)13(18-15(20)16-8)24-7-9-6-22-12(17-9)10-4-3-5-23-10/h3-6H,7H2,1-2H3,(H,16,18,20). The number of thioether (sulfide) groups is 1. The average Bonchev–Trinajstić information content (AvgIpc) is 3.22. The van der Waals surface area contributed by atoms with E-state index in [4.69, 9.17) is 9.15 Å². The van der Waals surface area contributed by atoms with Gasteiger partial charge < -0.3 is 14.1 Å². The molecule has 0 radical (unpaired) electrons. The van der Waals surface area contributed by atoms with E-state index in [9.17, 15) is 9.59 Å². The lowest BCUT2D eigenvalue weighted by Crippen LogP contribution is -2.19. The molecule has 7 nitrogen and oxygen atoms in total. The average molecular weight is 363 g/mol. The van der Waals surface area contributed by atoms with Gasteiger partial charge in [-0.3, -0.25) is 0 Å². The van der Waals surface area contributed by atoms with E-state index in [1.165, 1.54) is 30.2 Å². The maximum absolute atomic E-state index is 11.9. The number of oxazole rings is 1. The Morgan fingerprint density at radius 1 is 1.46 bits per heavy atom. The van der Waals surface area contributed by atoms with E-state index < -0.39 is 11.7 Å². The van der Waals surface area contributed by atoms with Gasteiger partial charge in [0.2, 0.25) is 5.89 Å². The Kier molecular flexibility index (Phi) is 4.81. The van der Waals surface area contributed by atoms with E-state index in [2.05, 4.69) is 15.0 Å². The fourth-order valence-corrected chi connectivity index (χ4v) is 3.64. The number of aromatic amines is 1. The lowest BCUT2D eigenvalue weighted by molar-refractivity contribution is 0.0594. The number of aryl methyl sites for hydroxylation is 1. The summed E-state index contributed by atoms with van der Waals surface area (Å²) in [4.78, 5) is 35.2. The highest BCUT2D eigenvalue weighted by molar-refractivity contribution is 7.98. The Bertz CT molecular complexity index is 915. The summed E-state index contributed by atoms with van der Waals surface area (Å²) >= 11 is 2.77. The molecule has 124 valence electrons. The molecular weight excluding hydrogens is 350 g/mol. The molecule has 0 saturated carbocycles. The number of aromatic nitrogens is 3. The van der Waals surface area contributed by atoms with Crippen LogP contribution in [0.2, 0.25) is 0 Å². The number of hydrogen-bond acceptors (Lipinski definition) is 8. The van der Waals surface area contributed by atoms with Gasteiger partial charge in [-0.2, -0.15) is 4.98 Å². The molecule has 0 aliphatic heterocycles. The SMILES string of the molecule is COC(=O)c1c(SCc2coc(-c3cccs3)n2)nc(=O)[nH]c1C. The number of nitrogens with one attached hydrogen (secondary N) is 1. The Labute approximate surface area is 145 Å². The summed E-state index contributed by atoms with van der Waals surface area (Å²) in [5, 5.41) is 2.25. The van der Waals surface area contributed by atoms with E-state index in [0.717, 1.165) is 4.88 Å². The monoisotopic (exact) mass is 363 g/mol. The molecule has 3 rings (SSSR count). The number of H-pyrrole nitrogens is 1. The zero-order valence-electron chi connectivity index (χ0n) is 12.9. The highest BCUT2D eigenvalue weighted by atomic mass is 32.2. The quantitative estimate of drug-likeness (QED) is 0.423. The fourth-order valence-electron chi connectivity index (χ4n) is 2.04. The number of carbonyl (C=O) groups is 1. The van der Waals surface area contributed by atoms with Gasteiger partial charge in [-0.25, -0.2) is 14.6 Å². The second kappa shape index (κ2) is 7.02. The van der Waals surface area contributed by atoms with Crippen LogP contribution in [0.4, 0.5) is 0 Å². The maximum Gasteiger partial charge on any atom is 0.346 e. The minimum absolute atomic E-state index is 0.254. The van der Waals surface area contributed by atoms with Crippen molar-refractivity contribution in [2.24, 2.45) is 0 Å². The van der Waals surface area contributed by atoms with Crippen LogP contribution >= 0.6 is 23.1 Å². The van der Waals surface area contributed by atoms with Crippen LogP contribution in [0.5, 0.6) is 0 Å². The fraction of sp³-hybridized carbons (Fsp3) is 0.200. The number of methoxy groups -OCH3 is 1. The van der Waals surface area contributed by atoms with Crippen LogP contribution in [-0.2, 0) is 10.5 Å². The third-order valence-corrected chi connectivity index (χ3v) is 4.98. The van der Waals surface area contributed by atoms with Gasteiger partial charge in [0, 0.05) is 11.4 Å². The molecule has 0 aliphatic carbocycles. The van der Waals surface area contributed by atoms with Gasteiger partial charge in [0.25, 0.3) is 0 Å². The van der Waals surface area contributed by atoms with Crippen molar-refractivity contribution < 1.29 is 13.9 Å². The Hall–Kier alpha value is -2.39. The van der Waals surface area contributed by atoms with Crippen LogP contribution < -0.4 is 5.69 Å². The second-order valence-corrected chi connectivity index (χ2v) is 6.66. The van der Waals surface area contributed by atoms with Crippen LogP contribution in [0.3, 0.4) is 0 Å². The molecule has 9 heteroatoms. The molecule has 3 heterocycles. The van der Waals surface area contributed by atoms with Crippen LogP contribution in [0.1, 0.15) is 21.7 Å². The first-order chi connectivity index (χ1) is 11.6. The molecule has 24 heavy (non-hydrogen) atoms. The lowest BCUT2D eigenvalue weighted by Gasteiger charge is -2.07. The number of carbonyl (C=O) groups excluding carboxylic acids is 1. The lowest BCUT2D eigenvalue weighted by atomic mass is 10.2. The van der Waals surface area contributed by atoms with Gasteiger partial charge in [0.15, 0.2) is 0 Å². The van der Waals surface area contributed by atoms with Crippen molar-refractivity contribution in [1.29, 1.82) is 0 Å². The first kappa shape index (κ1) is 16.5. The van der Waals surface area contributed by atoms with Crippen LogP contribution in [0.15, 0.2) is 38.0 Å². The molecule has 1 N–H and O–H groups in total. The van der Waals surface area contributed by atoms with E-state index in [0.29, 0.717) is 28.1 Å². The molecular formula is C15H13N3O4S2.